The highest BCUT2D eigenvalue weighted by atomic mass is 16.3. The fraction of sp³-hybridized carbons (Fsp3) is 0.579. The molecule has 0 saturated carbocycles. The van der Waals surface area contributed by atoms with E-state index in [1.54, 1.807) is 4.90 Å². The topological polar surface area (TPSA) is 60.9 Å². The lowest BCUT2D eigenvalue weighted by Gasteiger charge is -2.22. The second-order valence-electron chi connectivity index (χ2n) is 6.68. The van der Waals surface area contributed by atoms with E-state index in [1.807, 2.05) is 37.4 Å². The van der Waals surface area contributed by atoms with Crippen molar-refractivity contribution in [3.05, 3.63) is 35.9 Å². The Kier molecular flexibility index (Phi) is 6.94. The van der Waals surface area contributed by atoms with Gasteiger partial charge in [-0.25, -0.2) is 0 Å². The SMILES string of the molecule is CCN(C)C[C@@H]1CN(C(=O)C(=O)CCc2ccccc2)C[C@@H]1CO. The maximum atomic E-state index is 12.4. The first-order valence-electron chi connectivity index (χ1n) is 8.70. The minimum Gasteiger partial charge on any atom is -0.396 e. The molecule has 1 aromatic carbocycles. The molecule has 1 heterocycles. The van der Waals surface area contributed by atoms with Gasteiger partial charge in [0.2, 0.25) is 5.78 Å². The number of carbonyl (C=O) groups is 2. The van der Waals surface area contributed by atoms with Crippen LogP contribution in [0.4, 0.5) is 0 Å². The quantitative estimate of drug-likeness (QED) is 0.727. The lowest BCUT2D eigenvalue weighted by Crippen LogP contribution is -2.36. The summed E-state index contributed by atoms with van der Waals surface area (Å²) < 4.78 is 0. The van der Waals surface area contributed by atoms with E-state index in [9.17, 15) is 14.7 Å². The first-order chi connectivity index (χ1) is 11.5. The number of benzene rings is 1. The molecule has 2 atom stereocenters. The Morgan fingerprint density at radius 1 is 1.21 bits per heavy atom. The molecule has 0 aromatic heterocycles. The zero-order valence-corrected chi connectivity index (χ0v) is 14.6. The predicted octanol–water partition coefficient (Wildman–Crippen LogP) is 1.21. The Balaban J connectivity index is 1.88. The predicted molar refractivity (Wildman–Crippen MR) is 93.6 cm³/mol. The molecule has 1 aromatic rings. The summed E-state index contributed by atoms with van der Waals surface area (Å²) in [5.41, 5.74) is 1.07. The van der Waals surface area contributed by atoms with Crippen molar-refractivity contribution in [3.63, 3.8) is 0 Å². The number of rotatable bonds is 8. The Bertz CT molecular complexity index is 547. The van der Waals surface area contributed by atoms with E-state index in [0.29, 0.717) is 19.5 Å². The Morgan fingerprint density at radius 3 is 2.50 bits per heavy atom. The van der Waals surface area contributed by atoms with Crippen LogP contribution in [0.2, 0.25) is 0 Å². The van der Waals surface area contributed by atoms with Gasteiger partial charge >= 0.3 is 0 Å². The standard InChI is InChI=1S/C19H28N2O3/c1-3-20(2)11-16-12-21(13-17(16)14-22)19(24)18(23)10-9-15-7-5-4-6-8-15/h4-8,16-17,22H,3,9-14H2,1-2H3/t16-,17-/m1/s1. The van der Waals surface area contributed by atoms with Gasteiger partial charge in [-0.1, -0.05) is 37.3 Å². The summed E-state index contributed by atoms with van der Waals surface area (Å²) in [7, 11) is 2.03. The summed E-state index contributed by atoms with van der Waals surface area (Å²) in [6.45, 7) is 4.95. The normalized spacial score (nSPS) is 20.6. The average Bonchev–Trinajstić information content (AvgIpc) is 3.02. The molecule has 0 spiro atoms. The van der Waals surface area contributed by atoms with Crippen molar-refractivity contribution in [1.29, 1.82) is 0 Å². The van der Waals surface area contributed by atoms with Gasteiger partial charge in [-0.05, 0) is 31.5 Å². The number of carbonyl (C=O) groups excluding carboxylic acids is 2. The van der Waals surface area contributed by atoms with Crippen LogP contribution in [0.25, 0.3) is 0 Å². The van der Waals surface area contributed by atoms with E-state index in [0.717, 1.165) is 18.7 Å². The van der Waals surface area contributed by atoms with Crippen LogP contribution in [0.5, 0.6) is 0 Å². The fourth-order valence-corrected chi connectivity index (χ4v) is 3.23. The highest BCUT2D eigenvalue weighted by molar-refractivity contribution is 6.36. The molecule has 1 fully saturated rings. The summed E-state index contributed by atoms with van der Waals surface area (Å²) in [6.07, 6.45) is 0.827. The van der Waals surface area contributed by atoms with Gasteiger partial charge in [0.15, 0.2) is 0 Å². The largest absolute Gasteiger partial charge is 0.396 e. The van der Waals surface area contributed by atoms with Gasteiger partial charge < -0.3 is 14.9 Å². The van der Waals surface area contributed by atoms with Crippen LogP contribution in [0.15, 0.2) is 30.3 Å². The van der Waals surface area contributed by atoms with Crippen molar-refractivity contribution in [2.75, 3.05) is 39.8 Å². The van der Waals surface area contributed by atoms with Crippen LogP contribution in [-0.4, -0.2) is 66.4 Å². The molecular formula is C19H28N2O3. The molecule has 24 heavy (non-hydrogen) atoms. The third-order valence-corrected chi connectivity index (χ3v) is 4.91. The first kappa shape index (κ1) is 18.6. The van der Waals surface area contributed by atoms with Gasteiger partial charge in [0, 0.05) is 38.6 Å². The van der Waals surface area contributed by atoms with Gasteiger partial charge in [-0.15, -0.1) is 0 Å². The number of aryl methyl sites for hydroxylation is 1. The number of aliphatic hydroxyl groups excluding tert-OH is 1. The molecule has 1 saturated heterocycles. The molecule has 1 aliphatic rings. The zero-order chi connectivity index (χ0) is 17.5. The number of Topliss-reactive ketones (excluding diaryl/α,β-unsaturated/α-hetero) is 1. The molecule has 5 nitrogen and oxygen atoms in total. The van der Waals surface area contributed by atoms with Crippen molar-refractivity contribution in [3.8, 4) is 0 Å². The van der Waals surface area contributed by atoms with E-state index in [2.05, 4.69) is 11.8 Å². The van der Waals surface area contributed by atoms with E-state index in [4.69, 9.17) is 0 Å². The third-order valence-electron chi connectivity index (χ3n) is 4.91. The number of hydrogen-bond acceptors (Lipinski definition) is 4. The number of aliphatic hydroxyl groups is 1. The maximum Gasteiger partial charge on any atom is 0.289 e. The highest BCUT2D eigenvalue weighted by Gasteiger charge is 2.36. The Hall–Kier alpha value is -1.72. The number of ketones is 1. The van der Waals surface area contributed by atoms with Gasteiger partial charge in [0.05, 0.1) is 0 Å². The number of hydrogen-bond donors (Lipinski definition) is 1. The minimum atomic E-state index is -0.397. The van der Waals surface area contributed by atoms with Crippen LogP contribution in [0.3, 0.4) is 0 Å². The first-order valence-corrected chi connectivity index (χ1v) is 8.70. The molecule has 1 amide bonds. The molecule has 1 aliphatic heterocycles. The zero-order valence-electron chi connectivity index (χ0n) is 14.6. The smallest absolute Gasteiger partial charge is 0.289 e. The van der Waals surface area contributed by atoms with Gasteiger partial charge in [0.1, 0.15) is 0 Å². The second-order valence-corrected chi connectivity index (χ2v) is 6.68. The molecule has 5 heteroatoms. The summed E-state index contributed by atoms with van der Waals surface area (Å²) in [5, 5.41) is 9.57. The van der Waals surface area contributed by atoms with Crippen LogP contribution < -0.4 is 0 Å². The van der Waals surface area contributed by atoms with Crippen LogP contribution in [0, 0.1) is 11.8 Å². The average molecular weight is 332 g/mol. The minimum absolute atomic E-state index is 0.0597. The van der Waals surface area contributed by atoms with E-state index >= 15 is 0 Å². The lowest BCUT2D eigenvalue weighted by atomic mass is 9.96. The molecule has 0 aliphatic carbocycles. The summed E-state index contributed by atoms with van der Waals surface area (Å²) in [5.74, 6) is -0.443. The van der Waals surface area contributed by atoms with Crippen molar-refractivity contribution in [2.45, 2.75) is 19.8 Å². The second kappa shape index (κ2) is 8.94. The third kappa shape index (κ3) is 4.89. The molecular weight excluding hydrogens is 304 g/mol. The summed E-state index contributed by atoms with van der Waals surface area (Å²) >= 11 is 0. The van der Waals surface area contributed by atoms with Crippen LogP contribution >= 0.6 is 0 Å². The molecule has 0 unspecified atom stereocenters. The van der Waals surface area contributed by atoms with Gasteiger partial charge in [-0.2, -0.15) is 0 Å². The van der Waals surface area contributed by atoms with Crippen LogP contribution in [-0.2, 0) is 16.0 Å². The number of likely N-dealkylation sites (tertiary alicyclic amines) is 1. The molecule has 2 rings (SSSR count). The molecule has 132 valence electrons. The lowest BCUT2D eigenvalue weighted by molar-refractivity contribution is -0.144. The number of nitrogens with zero attached hydrogens (tertiary/aromatic N) is 2. The van der Waals surface area contributed by atoms with Crippen molar-refractivity contribution in [1.82, 2.24) is 9.80 Å². The summed E-state index contributed by atoms with van der Waals surface area (Å²) in [4.78, 5) is 28.4. The fourth-order valence-electron chi connectivity index (χ4n) is 3.23. The molecule has 0 bridgehead atoms. The summed E-state index contributed by atoms with van der Waals surface area (Å²) in [6, 6.07) is 9.73. The Labute approximate surface area is 144 Å². The van der Waals surface area contributed by atoms with Crippen LogP contribution in [0.1, 0.15) is 18.9 Å². The van der Waals surface area contributed by atoms with Crippen molar-refractivity contribution < 1.29 is 14.7 Å². The monoisotopic (exact) mass is 332 g/mol. The number of amides is 1. The van der Waals surface area contributed by atoms with E-state index in [1.165, 1.54) is 0 Å². The Morgan fingerprint density at radius 2 is 1.88 bits per heavy atom. The van der Waals surface area contributed by atoms with Gasteiger partial charge in [0.25, 0.3) is 5.91 Å². The highest BCUT2D eigenvalue weighted by Crippen LogP contribution is 2.24. The molecule has 0 radical (unpaired) electrons. The van der Waals surface area contributed by atoms with Gasteiger partial charge in [-0.3, -0.25) is 9.59 Å². The van der Waals surface area contributed by atoms with E-state index < -0.39 is 5.91 Å². The molecule has 1 N–H and O–H groups in total. The maximum absolute atomic E-state index is 12.4. The van der Waals surface area contributed by atoms with Crippen molar-refractivity contribution >= 4 is 11.7 Å². The van der Waals surface area contributed by atoms with E-state index in [-0.39, 0.29) is 30.6 Å². The van der Waals surface area contributed by atoms with Crippen molar-refractivity contribution in [2.24, 2.45) is 11.8 Å².